The molecule has 0 aromatic heterocycles. The number of ether oxygens (including phenoxy) is 2. The zero-order chi connectivity index (χ0) is 42.9. The molecule has 0 aliphatic carbocycles. The summed E-state index contributed by atoms with van der Waals surface area (Å²) >= 11 is 0. The highest BCUT2D eigenvalue weighted by atomic mass is 32.3. The molecule has 14 heteroatoms. The Kier molecular flexibility index (Phi) is 33.5. The number of aliphatic hydroxyl groups is 5. The lowest BCUT2D eigenvalue weighted by molar-refractivity contribution is -0.298. The van der Waals surface area contributed by atoms with Gasteiger partial charge in [0.25, 0.3) is 0 Å². The molecule has 0 aromatic rings. The molecule has 0 spiro atoms. The lowest BCUT2D eigenvalue weighted by atomic mass is 9.99. The maximum atomic E-state index is 13.1. The summed E-state index contributed by atoms with van der Waals surface area (Å²) in [4.78, 5) is 13.1. The number of allylic oxidation sites excluding steroid dienone is 2. The van der Waals surface area contributed by atoms with E-state index in [1.54, 1.807) is 0 Å². The fourth-order valence-electron chi connectivity index (χ4n) is 7.46. The molecule has 1 amide bonds. The van der Waals surface area contributed by atoms with Crippen LogP contribution in [0.3, 0.4) is 0 Å². The number of carbonyl (C=O) groups is 1. The minimum Gasteiger partial charge on any atom is -0.394 e. The predicted octanol–water partition coefficient (Wildman–Crippen LogP) is 7.75. The van der Waals surface area contributed by atoms with Gasteiger partial charge in [0.15, 0.2) is 6.29 Å². The van der Waals surface area contributed by atoms with Gasteiger partial charge >= 0.3 is 10.4 Å². The number of nitrogens with one attached hydrogen (secondary N) is 1. The van der Waals surface area contributed by atoms with E-state index in [9.17, 15) is 43.3 Å². The summed E-state index contributed by atoms with van der Waals surface area (Å²) in [5.41, 5.74) is 0. The third kappa shape index (κ3) is 27.6. The Morgan fingerprint density at radius 1 is 0.672 bits per heavy atom. The van der Waals surface area contributed by atoms with Crippen LogP contribution in [0.25, 0.3) is 0 Å². The molecule has 1 aliphatic rings. The molecule has 1 fully saturated rings. The van der Waals surface area contributed by atoms with Crippen molar-refractivity contribution in [2.45, 2.75) is 249 Å². The molecule has 58 heavy (non-hydrogen) atoms. The second-order valence-electron chi connectivity index (χ2n) is 16.5. The molecular weight excluding hydrogens is 767 g/mol. The van der Waals surface area contributed by atoms with Crippen LogP contribution in [0.2, 0.25) is 0 Å². The molecule has 0 saturated carbocycles. The summed E-state index contributed by atoms with van der Waals surface area (Å²) in [6.45, 7) is 3.26. The van der Waals surface area contributed by atoms with E-state index < -0.39 is 78.5 Å². The van der Waals surface area contributed by atoms with Crippen LogP contribution in [0, 0.1) is 0 Å². The van der Waals surface area contributed by atoms with Crippen LogP contribution in [0.15, 0.2) is 12.2 Å². The van der Waals surface area contributed by atoms with Crippen molar-refractivity contribution >= 4 is 16.3 Å². The van der Waals surface area contributed by atoms with Gasteiger partial charge in [-0.2, -0.15) is 8.42 Å². The molecule has 1 saturated heterocycles. The van der Waals surface area contributed by atoms with Crippen LogP contribution in [0.1, 0.15) is 200 Å². The number of amides is 1. The second kappa shape index (κ2) is 35.4. The Labute approximate surface area is 352 Å². The topological polar surface area (TPSA) is 212 Å². The van der Waals surface area contributed by atoms with Gasteiger partial charge in [0, 0.05) is 0 Å². The monoisotopic (exact) mass is 852 g/mol. The predicted molar refractivity (Wildman–Crippen MR) is 228 cm³/mol. The van der Waals surface area contributed by atoms with Crippen molar-refractivity contribution in [2.75, 3.05) is 13.2 Å². The molecule has 1 heterocycles. The van der Waals surface area contributed by atoms with E-state index in [-0.39, 0.29) is 6.42 Å². The van der Waals surface area contributed by atoms with Gasteiger partial charge in [-0.15, -0.1) is 0 Å². The summed E-state index contributed by atoms with van der Waals surface area (Å²) in [5.74, 6) is -0.674. The molecule has 13 nitrogen and oxygen atoms in total. The summed E-state index contributed by atoms with van der Waals surface area (Å²) < 4.78 is 47.5. The minimum atomic E-state index is -5.11. The fourth-order valence-corrected chi connectivity index (χ4v) is 7.97. The molecule has 1 rings (SSSR count). The van der Waals surface area contributed by atoms with E-state index in [2.05, 4.69) is 35.5 Å². The van der Waals surface area contributed by atoms with E-state index >= 15 is 0 Å². The molecule has 0 radical (unpaired) electrons. The lowest BCUT2D eigenvalue weighted by Crippen LogP contribution is -2.61. The first-order valence-corrected chi connectivity index (χ1v) is 24.5. The SMILES string of the molecule is CCCCCCCC/C=C\CCCCCCCCC(O)C(=O)NC(COC1OC(CO)C(O)C(OS(=O)(=O)O)C1O)C(O)CCCCCCCCCCCCCCC. The third-order valence-electron chi connectivity index (χ3n) is 11.2. The molecule has 8 atom stereocenters. The van der Waals surface area contributed by atoms with Crippen LogP contribution < -0.4 is 5.32 Å². The first kappa shape index (κ1) is 54.8. The lowest BCUT2D eigenvalue weighted by Gasteiger charge is -2.41. The zero-order valence-electron chi connectivity index (χ0n) is 36.2. The average molecular weight is 852 g/mol. The Bertz CT molecular complexity index is 1110. The van der Waals surface area contributed by atoms with Gasteiger partial charge in [-0.3, -0.25) is 9.35 Å². The Morgan fingerprint density at radius 3 is 1.55 bits per heavy atom. The number of hydrogen-bond acceptors (Lipinski definition) is 11. The normalized spacial score (nSPS) is 21.7. The number of rotatable bonds is 39. The second-order valence-corrected chi connectivity index (χ2v) is 17.5. The van der Waals surface area contributed by atoms with Gasteiger partial charge in [0.05, 0.1) is 25.4 Å². The number of carbonyl (C=O) groups excluding carboxylic acids is 1. The summed E-state index contributed by atoms with van der Waals surface area (Å²) in [6, 6.07) is -1.03. The molecule has 7 N–H and O–H groups in total. The van der Waals surface area contributed by atoms with Crippen molar-refractivity contribution in [3.05, 3.63) is 12.2 Å². The Morgan fingerprint density at radius 2 is 1.10 bits per heavy atom. The molecule has 1 aliphatic heterocycles. The smallest absolute Gasteiger partial charge is 0.394 e. The van der Waals surface area contributed by atoms with E-state index in [1.807, 2.05) is 0 Å². The first-order valence-electron chi connectivity index (χ1n) is 23.2. The van der Waals surface area contributed by atoms with Crippen LogP contribution in [-0.2, 0) is 28.9 Å². The van der Waals surface area contributed by atoms with Gasteiger partial charge in [-0.25, -0.2) is 4.18 Å². The van der Waals surface area contributed by atoms with Crippen molar-refractivity contribution < 1.29 is 57.0 Å². The number of hydrogen-bond donors (Lipinski definition) is 7. The van der Waals surface area contributed by atoms with Crippen LogP contribution >= 0.6 is 0 Å². The quantitative estimate of drug-likeness (QED) is 0.0180. The Hall–Kier alpha value is -1.20. The van der Waals surface area contributed by atoms with E-state index in [4.69, 9.17) is 9.47 Å². The molecular formula is C44H85NO12S. The van der Waals surface area contributed by atoms with Crippen molar-refractivity contribution in [2.24, 2.45) is 0 Å². The van der Waals surface area contributed by atoms with Crippen molar-refractivity contribution in [1.82, 2.24) is 5.32 Å². The molecule has 0 bridgehead atoms. The van der Waals surface area contributed by atoms with Gasteiger partial charge in [-0.05, 0) is 38.5 Å². The molecule has 0 aromatic carbocycles. The van der Waals surface area contributed by atoms with Crippen molar-refractivity contribution in [3.63, 3.8) is 0 Å². The first-order chi connectivity index (χ1) is 27.9. The van der Waals surface area contributed by atoms with E-state index in [1.165, 1.54) is 96.3 Å². The largest absolute Gasteiger partial charge is 0.397 e. The highest BCUT2D eigenvalue weighted by Crippen LogP contribution is 2.26. The van der Waals surface area contributed by atoms with Crippen LogP contribution in [0.4, 0.5) is 0 Å². The fraction of sp³-hybridized carbons (Fsp3) is 0.932. The van der Waals surface area contributed by atoms with Crippen molar-refractivity contribution in [1.29, 1.82) is 0 Å². The maximum absolute atomic E-state index is 13.1. The number of unbranched alkanes of at least 4 members (excludes halogenated alkanes) is 24. The zero-order valence-corrected chi connectivity index (χ0v) is 37.1. The summed E-state index contributed by atoms with van der Waals surface area (Å²) in [5, 5.41) is 55.3. The van der Waals surface area contributed by atoms with Gasteiger partial charge in [0.1, 0.15) is 30.5 Å². The highest BCUT2D eigenvalue weighted by molar-refractivity contribution is 7.80. The summed E-state index contributed by atoms with van der Waals surface area (Å²) in [7, 11) is -5.11. The summed E-state index contributed by atoms with van der Waals surface area (Å²) in [6.07, 6.45) is 25.4. The van der Waals surface area contributed by atoms with Crippen molar-refractivity contribution in [3.8, 4) is 0 Å². The highest BCUT2D eigenvalue weighted by Gasteiger charge is 2.48. The van der Waals surface area contributed by atoms with Gasteiger partial charge < -0.3 is 40.3 Å². The number of aliphatic hydroxyl groups excluding tert-OH is 5. The minimum absolute atomic E-state index is 0.255. The van der Waals surface area contributed by atoms with Crippen LogP contribution in [0.5, 0.6) is 0 Å². The van der Waals surface area contributed by atoms with E-state index in [0.29, 0.717) is 19.3 Å². The molecule has 8 unspecified atom stereocenters. The average Bonchev–Trinajstić information content (AvgIpc) is 3.19. The maximum Gasteiger partial charge on any atom is 0.397 e. The Balaban J connectivity index is 2.56. The third-order valence-corrected chi connectivity index (χ3v) is 11.6. The van der Waals surface area contributed by atoms with Crippen LogP contribution in [-0.4, -0.2) is 107 Å². The van der Waals surface area contributed by atoms with Gasteiger partial charge in [0.2, 0.25) is 5.91 Å². The molecule has 344 valence electrons. The van der Waals surface area contributed by atoms with Gasteiger partial charge in [-0.1, -0.05) is 174 Å². The van der Waals surface area contributed by atoms with E-state index in [0.717, 1.165) is 64.2 Å². The standard InChI is InChI=1S/C44H85NO12S/c1-3-5-7-9-11-13-15-17-18-19-21-23-25-27-29-31-33-38(48)43(51)45-36(37(47)32-30-28-26-24-22-20-16-14-12-10-8-6-4-2)35-55-44-41(50)42(57-58(52,53)54)40(49)39(34-46)56-44/h17-18,36-42,44,46-50H,3-16,19-35H2,1-2H3,(H,45,51)(H,52,53,54)/b18-17-.